The molecule has 0 radical (unpaired) electrons. The molecule has 1 aliphatic heterocycles. The maximum absolute atomic E-state index is 11.8. The predicted molar refractivity (Wildman–Crippen MR) is 66.8 cm³/mol. The van der Waals surface area contributed by atoms with Crippen LogP contribution in [0.4, 0.5) is 0 Å². The Morgan fingerprint density at radius 1 is 1.33 bits per heavy atom. The summed E-state index contributed by atoms with van der Waals surface area (Å²) in [6.07, 6.45) is 0. The Labute approximate surface area is 107 Å². The molecule has 1 aromatic carbocycles. The molecular formula is C14H17NO3. The summed E-state index contributed by atoms with van der Waals surface area (Å²) < 4.78 is 4.61. The normalized spacial score (nSPS) is 22.6. The quantitative estimate of drug-likeness (QED) is 0.603. The van der Waals surface area contributed by atoms with Crippen LogP contribution in [0.3, 0.4) is 0 Å². The molecule has 1 fully saturated rings. The summed E-state index contributed by atoms with van der Waals surface area (Å²) >= 11 is 0. The fourth-order valence-corrected chi connectivity index (χ4v) is 2.33. The van der Waals surface area contributed by atoms with Crippen LogP contribution in [-0.4, -0.2) is 30.4 Å². The molecule has 4 nitrogen and oxygen atoms in total. The van der Waals surface area contributed by atoms with Gasteiger partial charge >= 0.3 is 5.97 Å². The van der Waals surface area contributed by atoms with Crippen molar-refractivity contribution in [1.29, 1.82) is 0 Å². The number of hydrogen-bond acceptors (Lipinski definition) is 3. The third-order valence-electron chi connectivity index (χ3n) is 3.43. The average molecular weight is 247 g/mol. The van der Waals surface area contributed by atoms with E-state index >= 15 is 0 Å². The highest BCUT2D eigenvalue weighted by Gasteiger charge is 2.45. The molecule has 0 spiro atoms. The van der Waals surface area contributed by atoms with E-state index in [2.05, 4.69) is 4.74 Å². The van der Waals surface area contributed by atoms with E-state index in [0.717, 1.165) is 5.56 Å². The number of esters is 1. The van der Waals surface area contributed by atoms with Gasteiger partial charge in [-0.15, -0.1) is 0 Å². The van der Waals surface area contributed by atoms with E-state index in [1.54, 1.807) is 4.90 Å². The molecule has 0 aliphatic carbocycles. The van der Waals surface area contributed by atoms with Crippen molar-refractivity contribution in [2.24, 2.45) is 5.92 Å². The lowest BCUT2D eigenvalue weighted by Crippen LogP contribution is -2.55. The van der Waals surface area contributed by atoms with E-state index in [0.29, 0.717) is 0 Å². The van der Waals surface area contributed by atoms with Gasteiger partial charge in [-0.3, -0.25) is 9.59 Å². The van der Waals surface area contributed by atoms with E-state index < -0.39 is 0 Å². The number of likely N-dealkylation sites (tertiary alicyclic amines) is 1. The molecule has 18 heavy (non-hydrogen) atoms. The molecule has 1 amide bonds. The molecule has 2 rings (SSSR count). The van der Waals surface area contributed by atoms with Gasteiger partial charge in [0.15, 0.2) is 0 Å². The van der Waals surface area contributed by atoms with Crippen LogP contribution in [0, 0.1) is 12.8 Å². The van der Waals surface area contributed by atoms with E-state index in [9.17, 15) is 9.59 Å². The molecule has 0 aromatic heterocycles. The highest BCUT2D eigenvalue weighted by molar-refractivity contribution is 5.89. The molecule has 2 atom stereocenters. The van der Waals surface area contributed by atoms with Crippen LogP contribution < -0.4 is 0 Å². The maximum Gasteiger partial charge on any atom is 0.325 e. The summed E-state index contributed by atoms with van der Waals surface area (Å²) in [6, 6.07) is 8.03. The second-order valence-electron chi connectivity index (χ2n) is 4.69. The second-order valence-corrected chi connectivity index (χ2v) is 4.69. The smallest absolute Gasteiger partial charge is 0.325 e. The summed E-state index contributed by atoms with van der Waals surface area (Å²) in [5.41, 5.74) is 2.24. The highest BCUT2D eigenvalue weighted by atomic mass is 16.5. The average Bonchev–Trinajstić information content (AvgIpc) is 2.39. The summed E-state index contributed by atoms with van der Waals surface area (Å²) in [6.45, 7) is 3.93. The van der Waals surface area contributed by atoms with Crippen LogP contribution >= 0.6 is 0 Å². The second kappa shape index (κ2) is 4.80. The lowest BCUT2D eigenvalue weighted by Gasteiger charge is -2.45. The van der Waals surface area contributed by atoms with E-state index in [1.165, 1.54) is 12.7 Å². The molecule has 0 N–H and O–H groups in total. The monoisotopic (exact) mass is 247 g/mol. The van der Waals surface area contributed by atoms with E-state index in [-0.39, 0.29) is 30.4 Å². The first-order valence-electron chi connectivity index (χ1n) is 5.98. The number of ether oxygens (including phenoxy) is 1. The van der Waals surface area contributed by atoms with Gasteiger partial charge in [-0.1, -0.05) is 36.8 Å². The summed E-state index contributed by atoms with van der Waals surface area (Å²) in [7, 11) is 1.33. The van der Waals surface area contributed by atoms with Crippen molar-refractivity contribution in [3.05, 3.63) is 35.4 Å². The molecule has 4 heteroatoms. The molecule has 1 saturated heterocycles. The summed E-state index contributed by atoms with van der Waals surface area (Å²) in [5.74, 6) is -0.448. The Bertz CT molecular complexity index is 466. The molecule has 1 aliphatic rings. The summed E-state index contributed by atoms with van der Waals surface area (Å²) in [4.78, 5) is 24.6. The Morgan fingerprint density at radius 3 is 2.50 bits per heavy atom. The number of nitrogens with zero attached hydrogens (tertiary/aromatic N) is 1. The molecule has 96 valence electrons. The number of amides is 1. The van der Waals surface area contributed by atoms with Crippen LogP contribution in [0.15, 0.2) is 24.3 Å². The van der Waals surface area contributed by atoms with Gasteiger partial charge in [0.05, 0.1) is 19.1 Å². The molecular weight excluding hydrogens is 230 g/mol. The minimum absolute atomic E-state index is 0.00553. The lowest BCUT2D eigenvalue weighted by molar-refractivity contribution is -0.163. The number of aryl methyl sites for hydroxylation is 1. The van der Waals surface area contributed by atoms with Crippen molar-refractivity contribution in [2.75, 3.05) is 13.7 Å². The fourth-order valence-electron chi connectivity index (χ4n) is 2.33. The minimum Gasteiger partial charge on any atom is -0.468 e. The Kier molecular flexibility index (Phi) is 3.36. The maximum atomic E-state index is 11.8. The van der Waals surface area contributed by atoms with Crippen molar-refractivity contribution in [3.63, 3.8) is 0 Å². The number of β-lactam (4-membered cyclic amide) rings is 1. The number of hydrogen-bond donors (Lipinski definition) is 0. The zero-order chi connectivity index (χ0) is 13.3. The molecule has 0 bridgehead atoms. The van der Waals surface area contributed by atoms with Gasteiger partial charge in [0.1, 0.15) is 6.54 Å². The molecule has 1 heterocycles. The predicted octanol–water partition coefficient (Wildman–Crippen LogP) is 1.69. The minimum atomic E-state index is -0.382. The number of carbonyl (C=O) groups excluding carboxylic acids is 2. The highest BCUT2D eigenvalue weighted by Crippen LogP contribution is 2.39. The molecule has 0 unspecified atom stereocenters. The van der Waals surface area contributed by atoms with Crippen LogP contribution in [0.5, 0.6) is 0 Å². The first-order valence-corrected chi connectivity index (χ1v) is 5.98. The Hall–Kier alpha value is -1.84. The van der Waals surface area contributed by atoms with E-state index in [1.807, 2.05) is 38.1 Å². The first-order chi connectivity index (χ1) is 8.54. The van der Waals surface area contributed by atoms with Gasteiger partial charge in [0.25, 0.3) is 0 Å². The van der Waals surface area contributed by atoms with Gasteiger partial charge in [-0.25, -0.2) is 0 Å². The Morgan fingerprint density at radius 2 is 1.94 bits per heavy atom. The third kappa shape index (κ3) is 2.10. The fraction of sp³-hybridized carbons (Fsp3) is 0.429. The van der Waals surface area contributed by atoms with Crippen molar-refractivity contribution >= 4 is 11.9 Å². The van der Waals surface area contributed by atoms with Crippen LogP contribution in [0.2, 0.25) is 0 Å². The lowest BCUT2D eigenvalue weighted by atomic mass is 9.83. The zero-order valence-electron chi connectivity index (χ0n) is 10.8. The van der Waals surface area contributed by atoms with Gasteiger partial charge in [0.2, 0.25) is 5.91 Å². The van der Waals surface area contributed by atoms with Crippen molar-refractivity contribution in [1.82, 2.24) is 4.90 Å². The number of methoxy groups -OCH3 is 1. The number of benzene rings is 1. The largest absolute Gasteiger partial charge is 0.468 e. The summed E-state index contributed by atoms with van der Waals surface area (Å²) in [5, 5.41) is 0. The third-order valence-corrected chi connectivity index (χ3v) is 3.43. The van der Waals surface area contributed by atoms with Crippen LogP contribution in [-0.2, 0) is 14.3 Å². The number of rotatable bonds is 3. The van der Waals surface area contributed by atoms with Crippen molar-refractivity contribution in [3.8, 4) is 0 Å². The van der Waals surface area contributed by atoms with Gasteiger partial charge in [-0.05, 0) is 12.5 Å². The van der Waals surface area contributed by atoms with Crippen molar-refractivity contribution < 1.29 is 14.3 Å². The SMILES string of the molecule is COC(=O)CN1C(=O)[C@@H](C)[C@@H]1c1ccc(C)cc1. The molecule has 1 aromatic rings. The topological polar surface area (TPSA) is 46.6 Å². The standard InChI is InChI=1S/C14H17NO3/c1-9-4-6-11(7-5-9)13-10(2)14(17)15(13)8-12(16)18-3/h4-7,10,13H,8H2,1-3H3/t10-,13+/m0/s1. The van der Waals surface area contributed by atoms with Crippen molar-refractivity contribution in [2.45, 2.75) is 19.9 Å². The first kappa shape index (κ1) is 12.6. The zero-order valence-corrected chi connectivity index (χ0v) is 10.8. The van der Waals surface area contributed by atoms with Gasteiger partial charge in [0, 0.05) is 0 Å². The molecule has 0 saturated carbocycles. The van der Waals surface area contributed by atoms with Gasteiger partial charge in [-0.2, -0.15) is 0 Å². The van der Waals surface area contributed by atoms with Crippen LogP contribution in [0.25, 0.3) is 0 Å². The van der Waals surface area contributed by atoms with Crippen LogP contribution in [0.1, 0.15) is 24.1 Å². The van der Waals surface area contributed by atoms with Gasteiger partial charge < -0.3 is 9.64 Å². The van der Waals surface area contributed by atoms with E-state index in [4.69, 9.17) is 0 Å². The Balaban J connectivity index is 2.17. The number of carbonyl (C=O) groups is 2.